The fourth-order valence-corrected chi connectivity index (χ4v) is 7.19. The number of aliphatic hydroxyl groups is 1. The maximum Gasteiger partial charge on any atom is 0.165 e. The highest BCUT2D eigenvalue weighted by atomic mass is 16.3. The Kier molecular flexibility index (Phi) is 4.21. The highest BCUT2D eigenvalue weighted by molar-refractivity contribution is 6.05. The van der Waals surface area contributed by atoms with Gasteiger partial charge in [0.05, 0.1) is 6.10 Å². The molecular weight excluding hydrogens is 344 g/mol. The van der Waals surface area contributed by atoms with Crippen molar-refractivity contribution in [1.29, 1.82) is 0 Å². The molecule has 4 aliphatic rings. The first kappa shape index (κ1) is 18.4. The summed E-state index contributed by atoms with van der Waals surface area (Å²) < 4.78 is 0. The number of benzene rings is 1. The van der Waals surface area contributed by atoms with E-state index in [0.717, 1.165) is 56.1 Å². The molecule has 1 aromatic carbocycles. The Hall–Kier alpha value is -1.67. The van der Waals surface area contributed by atoms with E-state index in [2.05, 4.69) is 38.1 Å². The topological polar surface area (TPSA) is 37.3 Å². The Morgan fingerprint density at radius 1 is 1.00 bits per heavy atom. The SMILES string of the molecule is C[C@@]12CC[C@H]3[C@@H](CC=C4C[C@H](O)CC[C@@]43C)[C@H]1CC(=Cc1ccccc1)C2=O. The van der Waals surface area contributed by atoms with E-state index in [-0.39, 0.29) is 16.9 Å². The Morgan fingerprint density at radius 2 is 1.75 bits per heavy atom. The fraction of sp³-hybridized carbons (Fsp3) is 0.577. The molecule has 2 nitrogen and oxygen atoms in total. The molecule has 0 saturated heterocycles. The molecule has 0 aliphatic heterocycles. The van der Waals surface area contributed by atoms with E-state index in [1.165, 1.54) is 5.57 Å². The Bertz CT molecular complexity index is 850. The van der Waals surface area contributed by atoms with Crippen LogP contribution in [0.1, 0.15) is 64.4 Å². The van der Waals surface area contributed by atoms with Crippen molar-refractivity contribution in [2.45, 2.75) is 64.9 Å². The zero-order valence-corrected chi connectivity index (χ0v) is 17.2. The minimum atomic E-state index is -0.183. The molecule has 0 amide bonds. The maximum atomic E-state index is 13.4. The van der Waals surface area contributed by atoms with Crippen molar-refractivity contribution in [2.24, 2.45) is 28.6 Å². The van der Waals surface area contributed by atoms with Crippen LogP contribution < -0.4 is 0 Å². The molecule has 1 N–H and O–H groups in total. The third-order valence-electron chi connectivity index (χ3n) is 8.86. The normalized spacial score (nSPS) is 43.9. The maximum absolute atomic E-state index is 13.4. The van der Waals surface area contributed by atoms with Crippen molar-refractivity contribution in [3.05, 3.63) is 53.1 Å². The van der Waals surface area contributed by atoms with Gasteiger partial charge in [-0.1, -0.05) is 55.8 Å². The van der Waals surface area contributed by atoms with Gasteiger partial charge in [-0.05, 0) is 85.3 Å². The summed E-state index contributed by atoms with van der Waals surface area (Å²) in [5.41, 5.74) is 3.73. The number of hydrogen-bond donors (Lipinski definition) is 1. The summed E-state index contributed by atoms with van der Waals surface area (Å²) in [5, 5.41) is 10.2. The molecule has 0 unspecified atom stereocenters. The lowest BCUT2D eigenvalue weighted by Crippen LogP contribution is -2.50. The van der Waals surface area contributed by atoms with Crippen LogP contribution in [0, 0.1) is 28.6 Å². The van der Waals surface area contributed by atoms with Gasteiger partial charge in [-0.2, -0.15) is 0 Å². The zero-order valence-electron chi connectivity index (χ0n) is 17.2. The van der Waals surface area contributed by atoms with Gasteiger partial charge in [-0.3, -0.25) is 4.79 Å². The highest BCUT2D eigenvalue weighted by Crippen LogP contribution is 2.64. The second-order valence-electron chi connectivity index (χ2n) is 10.2. The molecule has 2 heteroatoms. The first-order valence-electron chi connectivity index (χ1n) is 11.1. The first-order chi connectivity index (χ1) is 13.4. The van der Waals surface area contributed by atoms with Gasteiger partial charge < -0.3 is 5.11 Å². The molecule has 0 bridgehead atoms. The second kappa shape index (κ2) is 6.42. The second-order valence-corrected chi connectivity index (χ2v) is 10.2. The minimum Gasteiger partial charge on any atom is -0.393 e. The number of rotatable bonds is 1. The van der Waals surface area contributed by atoms with Gasteiger partial charge >= 0.3 is 0 Å². The summed E-state index contributed by atoms with van der Waals surface area (Å²) in [6.07, 6.45) is 11.5. The van der Waals surface area contributed by atoms with Gasteiger partial charge in [-0.15, -0.1) is 0 Å². The molecule has 1 aromatic rings. The van der Waals surface area contributed by atoms with E-state index in [4.69, 9.17) is 0 Å². The van der Waals surface area contributed by atoms with Gasteiger partial charge in [0, 0.05) is 5.41 Å². The number of fused-ring (bicyclic) bond motifs is 5. The van der Waals surface area contributed by atoms with Crippen molar-refractivity contribution in [3.63, 3.8) is 0 Å². The standard InChI is InChI=1S/C26H32O2/c1-25-12-10-20(27)16-19(25)8-9-21-22(25)11-13-26(2)23(21)15-18(24(26)28)14-17-6-4-3-5-7-17/h3-8,14,20-23,27H,9-13,15-16H2,1-2H3/t20-,21-,22+,23-,25+,26-/m1/s1. The zero-order chi connectivity index (χ0) is 19.5. The summed E-state index contributed by atoms with van der Waals surface area (Å²) in [5.74, 6) is 2.14. The summed E-state index contributed by atoms with van der Waals surface area (Å²) in [6.45, 7) is 4.69. The van der Waals surface area contributed by atoms with Gasteiger partial charge in [0.15, 0.2) is 5.78 Å². The van der Waals surface area contributed by atoms with Gasteiger partial charge in [0.2, 0.25) is 0 Å². The molecule has 0 radical (unpaired) electrons. The quantitative estimate of drug-likeness (QED) is 0.514. The number of hydrogen-bond acceptors (Lipinski definition) is 2. The molecule has 3 fully saturated rings. The van der Waals surface area contributed by atoms with Crippen LogP contribution in [0.3, 0.4) is 0 Å². The van der Waals surface area contributed by atoms with Crippen LogP contribution >= 0.6 is 0 Å². The summed E-state index contributed by atoms with van der Waals surface area (Å²) in [6, 6.07) is 10.3. The lowest BCUT2D eigenvalue weighted by Gasteiger charge is -2.56. The van der Waals surface area contributed by atoms with Crippen molar-refractivity contribution in [2.75, 3.05) is 0 Å². The molecular formula is C26H32O2. The highest BCUT2D eigenvalue weighted by Gasteiger charge is 2.59. The van der Waals surface area contributed by atoms with Crippen molar-refractivity contribution >= 4 is 11.9 Å². The van der Waals surface area contributed by atoms with Crippen LogP contribution in [0.15, 0.2) is 47.6 Å². The van der Waals surface area contributed by atoms with Gasteiger partial charge in [0.1, 0.15) is 0 Å². The third kappa shape index (κ3) is 2.60. The van der Waals surface area contributed by atoms with Crippen molar-refractivity contribution in [3.8, 4) is 0 Å². The van der Waals surface area contributed by atoms with E-state index in [1.807, 2.05) is 18.2 Å². The molecule has 0 aromatic heterocycles. The molecule has 0 spiro atoms. The van der Waals surface area contributed by atoms with Gasteiger partial charge in [-0.25, -0.2) is 0 Å². The predicted octanol–water partition coefficient (Wildman–Crippen LogP) is 5.57. The number of carbonyl (C=O) groups excluding carboxylic acids is 1. The number of ketones is 1. The Balaban J connectivity index is 1.48. The molecule has 0 heterocycles. The molecule has 3 saturated carbocycles. The van der Waals surface area contributed by atoms with Crippen LogP contribution in [0.2, 0.25) is 0 Å². The number of Topliss-reactive ketones (excluding diaryl/α,β-unsaturated/α-hetero) is 1. The number of allylic oxidation sites excluding steroid dienone is 2. The predicted molar refractivity (Wildman–Crippen MR) is 113 cm³/mol. The molecule has 6 atom stereocenters. The van der Waals surface area contributed by atoms with Crippen LogP contribution in [-0.4, -0.2) is 17.0 Å². The molecule has 28 heavy (non-hydrogen) atoms. The van der Waals surface area contributed by atoms with Crippen LogP contribution in [0.5, 0.6) is 0 Å². The van der Waals surface area contributed by atoms with Crippen molar-refractivity contribution in [1.82, 2.24) is 0 Å². The van der Waals surface area contributed by atoms with Crippen LogP contribution in [0.25, 0.3) is 6.08 Å². The average molecular weight is 377 g/mol. The summed E-state index contributed by atoms with van der Waals surface area (Å²) in [7, 11) is 0. The van der Waals surface area contributed by atoms with E-state index >= 15 is 0 Å². The summed E-state index contributed by atoms with van der Waals surface area (Å²) >= 11 is 0. The van der Waals surface area contributed by atoms with Crippen LogP contribution in [0.4, 0.5) is 0 Å². The van der Waals surface area contributed by atoms with E-state index in [0.29, 0.717) is 23.5 Å². The van der Waals surface area contributed by atoms with E-state index < -0.39 is 0 Å². The molecule has 4 aliphatic carbocycles. The Labute approximate surface area is 168 Å². The van der Waals surface area contributed by atoms with E-state index in [9.17, 15) is 9.90 Å². The lowest BCUT2D eigenvalue weighted by atomic mass is 9.48. The fourth-order valence-electron chi connectivity index (χ4n) is 7.19. The monoisotopic (exact) mass is 376 g/mol. The minimum absolute atomic E-state index is 0.154. The average Bonchev–Trinajstić information content (AvgIpc) is 2.94. The first-order valence-corrected chi connectivity index (χ1v) is 11.1. The lowest BCUT2D eigenvalue weighted by molar-refractivity contribution is -0.130. The number of aliphatic hydroxyl groups excluding tert-OH is 1. The number of carbonyl (C=O) groups is 1. The summed E-state index contributed by atoms with van der Waals surface area (Å²) in [4.78, 5) is 13.4. The smallest absolute Gasteiger partial charge is 0.165 e. The molecule has 5 rings (SSSR count). The third-order valence-corrected chi connectivity index (χ3v) is 8.86. The largest absolute Gasteiger partial charge is 0.393 e. The van der Waals surface area contributed by atoms with Gasteiger partial charge in [0.25, 0.3) is 0 Å². The van der Waals surface area contributed by atoms with Crippen LogP contribution in [-0.2, 0) is 4.79 Å². The Morgan fingerprint density at radius 3 is 2.54 bits per heavy atom. The molecule has 148 valence electrons. The van der Waals surface area contributed by atoms with Crippen molar-refractivity contribution < 1.29 is 9.90 Å². The van der Waals surface area contributed by atoms with E-state index in [1.54, 1.807) is 0 Å².